The van der Waals surface area contributed by atoms with Gasteiger partial charge in [0.25, 0.3) is 0 Å². The molecule has 0 saturated heterocycles. The summed E-state index contributed by atoms with van der Waals surface area (Å²) in [5.74, 6) is 1.37. The second-order valence-corrected chi connectivity index (χ2v) is 6.08. The molecule has 2 aromatic carbocycles. The van der Waals surface area contributed by atoms with Gasteiger partial charge in [0.15, 0.2) is 11.5 Å². The molecule has 1 N–H and O–H groups in total. The van der Waals surface area contributed by atoms with Gasteiger partial charge < -0.3 is 14.8 Å². The van der Waals surface area contributed by atoms with E-state index in [1.54, 1.807) is 14.2 Å². The Morgan fingerprint density at radius 2 is 1.72 bits per heavy atom. The second-order valence-electron chi connectivity index (χ2n) is 6.08. The number of carbonyl (C=O) groups excluding carboxylic acids is 1. The highest BCUT2D eigenvalue weighted by Gasteiger charge is 2.19. The van der Waals surface area contributed by atoms with Gasteiger partial charge >= 0.3 is 0 Å². The highest BCUT2D eigenvalue weighted by molar-refractivity contribution is 5.94. The summed E-state index contributed by atoms with van der Waals surface area (Å²) in [6.45, 7) is 4.56. The Labute approximate surface area is 149 Å². The summed E-state index contributed by atoms with van der Waals surface area (Å²) >= 11 is 0. The molecule has 0 unspecified atom stereocenters. The van der Waals surface area contributed by atoms with Crippen molar-refractivity contribution in [2.45, 2.75) is 26.4 Å². The molecule has 0 aromatic heterocycles. The van der Waals surface area contributed by atoms with Gasteiger partial charge in [0.2, 0.25) is 5.91 Å². The van der Waals surface area contributed by atoms with Crippen LogP contribution in [-0.2, 0) is 11.3 Å². The van der Waals surface area contributed by atoms with E-state index in [1.807, 2.05) is 68.3 Å². The van der Waals surface area contributed by atoms with Crippen molar-refractivity contribution in [3.05, 3.63) is 53.6 Å². The molecular formula is C20H26N2O3. The molecule has 2 rings (SSSR count). The molecule has 0 aliphatic heterocycles. The number of anilines is 1. The second kappa shape index (κ2) is 8.53. The van der Waals surface area contributed by atoms with Gasteiger partial charge in [0.1, 0.15) is 0 Å². The van der Waals surface area contributed by atoms with Gasteiger partial charge in [-0.05, 0) is 56.3 Å². The standard InChI is InChI=1S/C20H26N2O3/c1-14-11-18(24-4)19(25-5)12-16(14)13-22(3)15(2)20(23)21-17-9-7-6-8-10-17/h6-12,15H,13H2,1-5H3,(H,21,23)/t15-/m0/s1. The van der Waals surface area contributed by atoms with Crippen molar-refractivity contribution in [3.8, 4) is 11.5 Å². The topological polar surface area (TPSA) is 50.8 Å². The first-order chi connectivity index (χ1) is 12.0. The van der Waals surface area contributed by atoms with E-state index in [1.165, 1.54) is 0 Å². The minimum atomic E-state index is -0.271. The van der Waals surface area contributed by atoms with Crippen LogP contribution in [0.4, 0.5) is 5.69 Å². The largest absolute Gasteiger partial charge is 0.493 e. The van der Waals surface area contributed by atoms with Crippen LogP contribution in [0, 0.1) is 6.92 Å². The van der Waals surface area contributed by atoms with Crippen LogP contribution in [0.5, 0.6) is 11.5 Å². The fourth-order valence-corrected chi connectivity index (χ4v) is 2.57. The molecule has 0 bridgehead atoms. The van der Waals surface area contributed by atoms with Crippen LogP contribution in [0.3, 0.4) is 0 Å². The molecule has 5 heteroatoms. The summed E-state index contributed by atoms with van der Waals surface area (Å²) in [6, 6.07) is 13.1. The number of methoxy groups -OCH3 is 2. The third kappa shape index (κ3) is 4.73. The van der Waals surface area contributed by atoms with Crippen LogP contribution in [0.1, 0.15) is 18.1 Å². The molecular weight excluding hydrogens is 316 g/mol. The zero-order chi connectivity index (χ0) is 18.4. The number of hydrogen-bond acceptors (Lipinski definition) is 4. The minimum Gasteiger partial charge on any atom is -0.493 e. The van der Waals surface area contributed by atoms with Gasteiger partial charge in [-0.2, -0.15) is 0 Å². The molecule has 1 atom stereocenters. The maximum absolute atomic E-state index is 12.5. The molecule has 0 radical (unpaired) electrons. The third-order valence-corrected chi connectivity index (χ3v) is 4.34. The Kier molecular flexibility index (Phi) is 6.42. The Morgan fingerprint density at radius 3 is 2.32 bits per heavy atom. The van der Waals surface area contributed by atoms with Gasteiger partial charge in [-0.25, -0.2) is 0 Å². The molecule has 5 nitrogen and oxygen atoms in total. The van der Waals surface area contributed by atoms with E-state index in [0.29, 0.717) is 18.0 Å². The number of para-hydroxylation sites is 1. The van der Waals surface area contributed by atoms with E-state index in [9.17, 15) is 4.79 Å². The molecule has 0 aliphatic carbocycles. The third-order valence-electron chi connectivity index (χ3n) is 4.34. The fraction of sp³-hybridized carbons (Fsp3) is 0.350. The average molecular weight is 342 g/mol. The van der Waals surface area contributed by atoms with Crippen LogP contribution in [0.2, 0.25) is 0 Å². The number of amides is 1. The van der Waals surface area contributed by atoms with E-state index < -0.39 is 0 Å². The van der Waals surface area contributed by atoms with Crippen molar-refractivity contribution < 1.29 is 14.3 Å². The van der Waals surface area contributed by atoms with Gasteiger partial charge in [-0.15, -0.1) is 0 Å². The van der Waals surface area contributed by atoms with Crippen LogP contribution in [-0.4, -0.2) is 38.1 Å². The van der Waals surface area contributed by atoms with Crippen molar-refractivity contribution in [2.24, 2.45) is 0 Å². The van der Waals surface area contributed by atoms with Gasteiger partial charge in [0, 0.05) is 12.2 Å². The Balaban J connectivity index is 2.08. The molecule has 134 valence electrons. The highest BCUT2D eigenvalue weighted by Crippen LogP contribution is 2.30. The molecule has 0 aliphatic rings. The van der Waals surface area contributed by atoms with E-state index in [0.717, 1.165) is 16.8 Å². The molecule has 25 heavy (non-hydrogen) atoms. The summed E-state index contributed by atoms with van der Waals surface area (Å²) in [7, 11) is 5.18. The normalized spacial score (nSPS) is 11.9. The summed E-state index contributed by atoms with van der Waals surface area (Å²) in [4.78, 5) is 14.5. The summed E-state index contributed by atoms with van der Waals surface area (Å²) in [6.07, 6.45) is 0. The molecule has 0 saturated carbocycles. The molecule has 0 spiro atoms. The van der Waals surface area contributed by atoms with E-state index in [4.69, 9.17) is 9.47 Å². The summed E-state index contributed by atoms with van der Waals surface area (Å²) in [5.41, 5.74) is 3.00. The van der Waals surface area contributed by atoms with Crippen LogP contribution in [0.15, 0.2) is 42.5 Å². The van der Waals surface area contributed by atoms with Crippen LogP contribution < -0.4 is 14.8 Å². The van der Waals surface area contributed by atoms with Crippen molar-refractivity contribution in [2.75, 3.05) is 26.6 Å². The number of aryl methyl sites for hydroxylation is 1. The minimum absolute atomic E-state index is 0.0353. The monoisotopic (exact) mass is 342 g/mol. The quantitative estimate of drug-likeness (QED) is 0.837. The lowest BCUT2D eigenvalue weighted by atomic mass is 10.1. The number of benzene rings is 2. The first kappa shape index (κ1) is 18.8. The van der Waals surface area contributed by atoms with E-state index in [-0.39, 0.29) is 11.9 Å². The van der Waals surface area contributed by atoms with Crippen LogP contribution >= 0.6 is 0 Å². The Hall–Kier alpha value is -2.53. The number of nitrogens with zero attached hydrogens (tertiary/aromatic N) is 1. The number of likely N-dealkylation sites (N-methyl/N-ethyl adjacent to an activating group) is 1. The number of ether oxygens (including phenoxy) is 2. The smallest absolute Gasteiger partial charge is 0.241 e. The van der Waals surface area contributed by atoms with E-state index >= 15 is 0 Å². The number of rotatable bonds is 7. The summed E-state index contributed by atoms with van der Waals surface area (Å²) < 4.78 is 10.7. The first-order valence-corrected chi connectivity index (χ1v) is 8.24. The molecule has 2 aromatic rings. The van der Waals surface area contributed by atoms with Crippen molar-refractivity contribution in [1.29, 1.82) is 0 Å². The Morgan fingerprint density at radius 1 is 1.12 bits per heavy atom. The van der Waals surface area contributed by atoms with Crippen molar-refractivity contribution >= 4 is 11.6 Å². The zero-order valence-electron chi connectivity index (χ0n) is 15.5. The SMILES string of the molecule is COc1cc(C)c(CN(C)[C@@H](C)C(=O)Nc2ccccc2)cc1OC. The molecule has 0 heterocycles. The van der Waals surface area contributed by atoms with Gasteiger partial charge in [-0.1, -0.05) is 18.2 Å². The summed E-state index contributed by atoms with van der Waals surface area (Å²) in [5, 5.41) is 2.94. The Bertz CT molecular complexity index is 716. The lowest BCUT2D eigenvalue weighted by Crippen LogP contribution is -2.39. The van der Waals surface area contributed by atoms with Crippen molar-refractivity contribution in [1.82, 2.24) is 4.90 Å². The van der Waals surface area contributed by atoms with Gasteiger partial charge in [-0.3, -0.25) is 9.69 Å². The van der Waals surface area contributed by atoms with Crippen molar-refractivity contribution in [3.63, 3.8) is 0 Å². The molecule has 1 amide bonds. The first-order valence-electron chi connectivity index (χ1n) is 8.24. The maximum atomic E-state index is 12.5. The highest BCUT2D eigenvalue weighted by atomic mass is 16.5. The number of nitrogens with one attached hydrogen (secondary N) is 1. The zero-order valence-corrected chi connectivity index (χ0v) is 15.5. The lowest BCUT2D eigenvalue weighted by molar-refractivity contribution is -0.120. The van der Waals surface area contributed by atoms with Gasteiger partial charge in [0.05, 0.1) is 20.3 Å². The number of carbonyl (C=O) groups is 1. The molecule has 0 fully saturated rings. The number of hydrogen-bond donors (Lipinski definition) is 1. The predicted molar refractivity (Wildman–Crippen MR) is 100 cm³/mol. The van der Waals surface area contributed by atoms with E-state index in [2.05, 4.69) is 5.32 Å². The predicted octanol–water partition coefficient (Wildman–Crippen LogP) is 3.47. The fourth-order valence-electron chi connectivity index (χ4n) is 2.57. The van der Waals surface area contributed by atoms with Crippen LogP contribution in [0.25, 0.3) is 0 Å². The maximum Gasteiger partial charge on any atom is 0.241 e. The lowest BCUT2D eigenvalue weighted by Gasteiger charge is -2.25. The average Bonchev–Trinajstić information content (AvgIpc) is 2.62.